The highest BCUT2D eigenvalue weighted by Gasteiger charge is 2.29. The second-order valence-electron chi connectivity index (χ2n) is 7.04. The number of carbonyl (C=O) groups is 1. The van der Waals surface area contributed by atoms with E-state index >= 15 is 0 Å². The normalized spacial score (nSPS) is 12.4. The van der Waals surface area contributed by atoms with E-state index in [1.165, 1.54) is 0 Å². The number of likely N-dealkylation sites (N-methyl/N-ethyl adjacent to an activating group) is 1. The minimum absolute atomic E-state index is 0. The number of hydrogen-bond acceptors (Lipinski definition) is 5. The van der Waals surface area contributed by atoms with Gasteiger partial charge in [-0.3, -0.25) is 9.20 Å². The van der Waals surface area contributed by atoms with Gasteiger partial charge < -0.3 is 15.4 Å². The number of ether oxygens (including phenoxy) is 1. The van der Waals surface area contributed by atoms with Crippen LogP contribution in [0.1, 0.15) is 38.7 Å². The van der Waals surface area contributed by atoms with E-state index in [4.69, 9.17) is 4.74 Å². The van der Waals surface area contributed by atoms with Crippen molar-refractivity contribution in [1.82, 2.24) is 25.2 Å². The number of pyridine rings is 1. The lowest BCUT2D eigenvalue weighted by Crippen LogP contribution is -2.52. The first-order valence-corrected chi connectivity index (χ1v) is 9.82. The Balaban J connectivity index is 0.00000300. The molecule has 3 aromatic rings. The summed E-state index contributed by atoms with van der Waals surface area (Å²) >= 11 is 3.47. The third-order valence-electron chi connectivity index (χ3n) is 4.60. The fourth-order valence-corrected chi connectivity index (χ4v) is 2.96. The van der Waals surface area contributed by atoms with Crippen molar-refractivity contribution in [1.29, 1.82) is 0 Å². The quantitative estimate of drug-likeness (QED) is 0.536. The molecule has 7 nitrogen and oxygen atoms in total. The molecule has 0 saturated heterocycles. The number of rotatable bonds is 8. The Hall–Kier alpha value is -2.29. The summed E-state index contributed by atoms with van der Waals surface area (Å²) in [5, 5.41) is 14.6. The van der Waals surface area contributed by atoms with E-state index in [9.17, 15) is 4.79 Å². The van der Waals surface area contributed by atoms with Crippen LogP contribution in [0.2, 0.25) is 0 Å². The number of hydrogen-bond donors (Lipinski definition) is 2. The van der Waals surface area contributed by atoms with Crippen molar-refractivity contribution in [2.45, 2.75) is 39.5 Å². The molecule has 1 amide bonds. The molecule has 2 heterocycles. The standard InChI is InChI=1S/C20H24BrN5O2.CH4/c1-20(2,22-3)19(27)23-16(13-28-12-14-7-5-4-6-8-14)18-25-24-17-10-9-15(21)11-26(17)18;/h4-11,16,22H,12-13H2,1-3H3,(H,23,27);1H4/t16-;/m1./s1. The number of amides is 1. The van der Waals surface area contributed by atoms with Gasteiger partial charge in [-0.15, -0.1) is 10.2 Å². The molecule has 0 spiro atoms. The predicted octanol–water partition coefficient (Wildman–Crippen LogP) is 3.50. The van der Waals surface area contributed by atoms with E-state index < -0.39 is 11.6 Å². The highest BCUT2D eigenvalue weighted by Crippen LogP contribution is 2.18. The number of aromatic nitrogens is 3. The van der Waals surface area contributed by atoms with E-state index in [1.54, 1.807) is 7.05 Å². The van der Waals surface area contributed by atoms with E-state index in [2.05, 4.69) is 36.8 Å². The molecule has 156 valence electrons. The molecule has 0 aliphatic carbocycles. The summed E-state index contributed by atoms with van der Waals surface area (Å²) in [6.07, 6.45) is 1.88. The number of nitrogens with one attached hydrogen (secondary N) is 2. The minimum atomic E-state index is -0.723. The van der Waals surface area contributed by atoms with Crippen LogP contribution in [0.25, 0.3) is 5.65 Å². The van der Waals surface area contributed by atoms with Gasteiger partial charge in [0, 0.05) is 10.7 Å². The van der Waals surface area contributed by atoms with Gasteiger partial charge in [0.1, 0.15) is 6.04 Å². The van der Waals surface area contributed by atoms with Crippen molar-refractivity contribution in [2.75, 3.05) is 13.7 Å². The number of benzene rings is 1. The monoisotopic (exact) mass is 461 g/mol. The van der Waals surface area contributed by atoms with Gasteiger partial charge in [0.15, 0.2) is 11.5 Å². The Morgan fingerprint density at radius 2 is 1.93 bits per heavy atom. The summed E-state index contributed by atoms with van der Waals surface area (Å²) in [4.78, 5) is 12.7. The Bertz CT molecular complexity index is 943. The zero-order chi connectivity index (χ0) is 20.1. The lowest BCUT2D eigenvalue weighted by atomic mass is 10.0. The van der Waals surface area contributed by atoms with Crippen molar-refractivity contribution in [3.05, 3.63) is 64.5 Å². The van der Waals surface area contributed by atoms with Crippen LogP contribution in [-0.4, -0.2) is 39.7 Å². The predicted molar refractivity (Wildman–Crippen MR) is 118 cm³/mol. The molecule has 0 unspecified atom stereocenters. The van der Waals surface area contributed by atoms with Crippen LogP contribution in [0.15, 0.2) is 53.1 Å². The summed E-state index contributed by atoms with van der Waals surface area (Å²) < 4.78 is 8.65. The molecule has 0 aliphatic rings. The van der Waals surface area contributed by atoms with Gasteiger partial charge in [0.25, 0.3) is 0 Å². The Labute approximate surface area is 180 Å². The third-order valence-corrected chi connectivity index (χ3v) is 5.07. The second kappa shape index (κ2) is 9.96. The van der Waals surface area contributed by atoms with Crippen molar-refractivity contribution in [2.24, 2.45) is 0 Å². The third kappa shape index (κ3) is 5.62. The largest absolute Gasteiger partial charge is 0.374 e. The molecule has 3 rings (SSSR count). The molecule has 0 radical (unpaired) electrons. The number of fused-ring (bicyclic) bond motifs is 1. The summed E-state index contributed by atoms with van der Waals surface area (Å²) in [6.45, 7) is 4.36. The van der Waals surface area contributed by atoms with E-state index in [0.29, 0.717) is 18.1 Å². The summed E-state index contributed by atoms with van der Waals surface area (Å²) in [7, 11) is 1.75. The highest BCUT2D eigenvalue weighted by atomic mass is 79.9. The van der Waals surface area contributed by atoms with Gasteiger partial charge in [-0.05, 0) is 54.5 Å². The van der Waals surface area contributed by atoms with Crippen LogP contribution in [0.4, 0.5) is 0 Å². The molecule has 2 aromatic heterocycles. The van der Waals surface area contributed by atoms with Crippen molar-refractivity contribution < 1.29 is 9.53 Å². The number of carbonyl (C=O) groups excluding carboxylic acids is 1. The van der Waals surface area contributed by atoms with E-state index in [-0.39, 0.29) is 19.9 Å². The molecule has 0 bridgehead atoms. The Morgan fingerprint density at radius 3 is 2.62 bits per heavy atom. The molecule has 0 fully saturated rings. The van der Waals surface area contributed by atoms with Gasteiger partial charge in [-0.2, -0.15) is 0 Å². The second-order valence-corrected chi connectivity index (χ2v) is 7.95. The molecular formula is C21H28BrN5O2. The minimum Gasteiger partial charge on any atom is -0.374 e. The Kier molecular flexibility index (Phi) is 7.89. The first-order valence-electron chi connectivity index (χ1n) is 9.02. The van der Waals surface area contributed by atoms with Crippen LogP contribution < -0.4 is 10.6 Å². The van der Waals surface area contributed by atoms with Crippen LogP contribution in [0.3, 0.4) is 0 Å². The van der Waals surface area contributed by atoms with Crippen LogP contribution in [-0.2, 0) is 16.1 Å². The molecule has 8 heteroatoms. The maximum absolute atomic E-state index is 12.7. The van der Waals surface area contributed by atoms with Crippen LogP contribution in [0, 0.1) is 0 Å². The molecule has 29 heavy (non-hydrogen) atoms. The van der Waals surface area contributed by atoms with Crippen molar-refractivity contribution >= 4 is 27.5 Å². The number of halogens is 1. The van der Waals surface area contributed by atoms with E-state index in [1.807, 2.05) is 66.9 Å². The van der Waals surface area contributed by atoms with Gasteiger partial charge in [0.2, 0.25) is 5.91 Å². The summed E-state index contributed by atoms with van der Waals surface area (Å²) in [5.74, 6) is 0.472. The van der Waals surface area contributed by atoms with Gasteiger partial charge in [-0.25, -0.2) is 0 Å². The average Bonchev–Trinajstić information content (AvgIpc) is 3.10. The maximum atomic E-state index is 12.7. The Morgan fingerprint density at radius 1 is 1.21 bits per heavy atom. The SMILES string of the molecule is C.CNC(C)(C)C(=O)N[C@H](COCc1ccccc1)c1nnc2ccc(Br)cn12. The first kappa shape index (κ1) is 23.0. The van der Waals surface area contributed by atoms with Gasteiger partial charge >= 0.3 is 0 Å². The zero-order valence-corrected chi connectivity index (χ0v) is 17.7. The molecular weight excluding hydrogens is 434 g/mol. The highest BCUT2D eigenvalue weighted by molar-refractivity contribution is 9.10. The smallest absolute Gasteiger partial charge is 0.240 e. The molecule has 2 N–H and O–H groups in total. The topological polar surface area (TPSA) is 80.5 Å². The van der Waals surface area contributed by atoms with Gasteiger partial charge in [0.05, 0.1) is 18.8 Å². The van der Waals surface area contributed by atoms with Crippen LogP contribution in [0.5, 0.6) is 0 Å². The number of nitrogens with zero attached hydrogens (tertiary/aromatic N) is 3. The van der Waals surface area contributed by atoms with Crippen molar-refractivity contribution in [3.63, 3.8) is 0 Å². The van der Waals surface area contributed by atoms with Crippen molar-refractivity contribution in [3.8, 4) is 0 Å². The molecule has 1 atom stereocenters. The molecule has 0 aliphatic heterocycles. The lowest BCUT2D eigenvalue weighted by molar-refractivity contribution is -0.127. The summed E-state index contributed by atoms with van der Waals surface area (Å²) in [5.41, 5.74) is 1.05. The summed E-state index contributed by atoms with van der Waals surface area (Å²) in [6, 6.07) is 13.2. The van der Waals surface area contributed by atoms with Gasteiger partial charge in [-0.1, -0.05) is 37.8 Å². The zero-order valence-electron chi connectivity index (χ0n) is 16.1. The van der Waals surface area contributed by atoms with Crippen LogP contribution >= 0.6 is 15.9 Å². The first-order chi connectivity index (χ1) is 13.4. The maximum Gasteiger partial charge on any atom is 0.240 e. The molecule has 1 aromatic carbocycles. The fourth-order valence-electron chi connectivity index (χ4n) is 2.62. The fraction of sp³-hybridized carbons (Fsp3) is 0.381. The molecule has 0 saturated carbocycles. The van der Waals surface area contributed by atoms with E-state index in [0.717, 1.165) is 10.0 Å². The average molecular weight is 462 g/mol. The lowest BCUT2D eigenvalue weighted by Gasteiger charge is -2.26.